The van der Waals surface area contributed by atoms with E-state index in [1.54, 1.807) is 18.7 Å². The van der Waals surface area contributed by atoms with Crippen LogP contribution in [0.2, 0.25) is 0 Å². The van der Waals surface area contributed by atoms with Crippen LogP contribution in [0.25, 0.3) is 11.3 Å². The Kier molecular flexibility index (Phi) is 3.03. The molecule has 24 heavy (non-hydrogen) atoms. The molecular formula is C17H19N5O2. The van der Waals surface area contributed by atoms with Crippen molar-refractivity contribution in [1.29, 1.82) is 0 Å². The number of hydrogen-bond acceptors (Lipinski definition) is 4. The van der Waals surface area contributed by atoms with Gasteiger partial charge in [0.2, 0.25) is 11.8 Å². The third-order valence-electron chi connectivity index (χ3n) is 5.13. The van der Waals surface area contributed by atoms with E-state index < -0.39 is 16.9 Å². The number of rotatable bonds is 5. The molecule has 124 valence electrons. The quantitative estimate of drug-likeness (QED) is 0.796. The highest BCUT2D eigenvalue weighted by Gasteiger charge is 2.59. The van der Waals surface area contributed by atoms with E-state index in [1.165, 1.54) is 0 Å². The van der Waals surface area contributed by atoms with Gasteiger partial charge in [-0.25, -0.2) is 4.98 Å². The lowest BCUT2D eigenvalue weighted by molar-refractivity contribution is -0.136. The topological polar surface area (TPSA) is 103 Å². The minimum Gasteiger partial charge on any atom is -0.369 e. The maximum absolute atomic E-state index is 12.4. The van der Waals surface area contributed by atoms with Crippen LogP contribution in [0, 0.1) is 5.41 Å². The second-order valence-electron chi connectivity index (χ2n) is 6.80. The molecule has 2 aromatic rings. The molecule has 4 rings (SSSR count). The lowest BCUT2D eigenvalue weighted by Gasteiger charge is -2.20. The number of hydrogen-bond donors (Lipinski definition) is 2. The molecule has 2 heterocycles. The van der Waals surface area contributed by atoms with Crippen LogP contribution in [0.3, 0.4) is 0 Å². The second-order valence-corrected chi connectivity index (χ2v) is 6.80. The van der Waals surface area contributed by atoms with Crippen molar-refractivity contribution in [1.82, 2.24) is 19.9 Å². The summed E-state index contributed by atoms with van der Waals surface area (Å²) in [5.74, 6) is -0.791. The smallest absolute Gasteiger partial charge is 0.236 e. The van der Waals surface area contributed by atoms with Gasteiger partial charge in [0.1, 0.15) is 5.41 Å². The molecule has 3 N–H and O–H groups in total. The molecule has 0 bridgehead atoms. The summed E-state index contributed by atoms with van der Waals surface area (Å²) in [6.45, 7) is 0. The first-order valence-corrected chi connectivity index (χ1v) is 8.03. The number of carbonyl (C=O) groups excluding carboxylic acids is 2. The summed E-state index contributed by atoms with van der Waals surface area (Å²) in [7, 11) is 1.93. The number of aromatic nitrogens is 3. The van der Waals surface area contributed by atoms with Crippen molar-refractivity contribution in [2.45, 2.75) is 31.2 Å². The Morgan fingerprint density at radius 1 is 1.21 bits per heavy atom. The van der Waals surface area contributed by atoms with Gasteiger partial charge in [-0.2, -0.15) is 0 Å². The van der Waals surface area contributed by atoms with E-state index in [-0.39, 0.29) is 5.91 Å². The Labute approximate surface area is 139 Å². The zero-order valence-corrected chi connectivity index (χ0v) is 13.5. The van der Waals surface area contributed by atoms with Crippen LogP contribution >= 0.6 is 0 Å². The third-order valence-corrected chi connectivity index (χ3v) is 5.13. The summed E-state index contributed by atoms with van der Waals surface area (Å²) in [4.78, 5) is 32.6. The zero-order chi connectivity index (χ0) is 16.9. The molecule has 2 aromatic heterocycles. The van der Waals surface area contributed by atoms with E-state index in [1.807, 2.05) is 23.7 Å². The van der Waals surface area contributed by atoms with Gasteiger partial charge in [0.15, 0.2) is 0 Å². The van der Waals surface area contributed by atoms with Gasteiger partial charge in [-0.15, -0.1) is 0 Å². The van der Waals surface area contributed by atoms with Crippen molar-refractivity contribution in [2.75, 3.05) is 0 Å². The molecular weight excluding hydrogens is 306 g/mol. The highest BCUT2D eigenvalue weighted by Crippen LogP contribution is 2.50. The van der Waals surface area contributed by atoms with Gasteiger partial charge < -0.3 is 15.6 Å². The molecule has 7 heteroatoms. The largest absolute Gasteiger partial charge is 0.369 e. The highest BCUT2D eigenvalue weighted by molar-refractivity contribution is 6.07. The van der Waals surface area contributed by atoms with Crippen LogP contribution in [-0.2, 0) is 22.2 Å². The summed E-state index contributed by atoms with van der Waals surface area (Å²) in [6, 6.07) is 3.91. The number of nitrogens with two attached hydrogens (primary N) is 1. The fraction of sp³-hybridized carbons (Fsp3) is 0.412. The fourth-order valence-electron chi connectivity index (χ4n) is 3.08. The van der Waals surface area contributed by atoms with E-state index in [0.717, 1.165) is 29.8 Å². The Bertz CT molecular complexity index is 816. The first kappa shape index (κ1) is 14.9. The maximum Gasteiger partial charge on any atom is 0.236 e. The molecule has 2 amide bonds. The van der Waals surface area contributed by atoms with Crippen molar-refractivity contribution < 1.29 is 9.59 Å². The lowest BCUT2D eigenvalue weighted by Crippen LogP contribution is -2.45. The number of pyridine rings is 1. The number of nitrogens with zero attached hydrogens (tertiary/aromatic N) is 3. The molecule has 0 saturated heterocycles. The van der Waals surface area contributed by atoms with Crippen molar-refractivity contribution in [2.24, 2.45) is 18.2 Å². The first-order chi connectivity index (χ1) is 11.5. The van der Waals surface area contributed by atoms with Crippen LogP contribution in [0.1, 0.15) is 31.4 Å². The van der Waals surface area contributed by atoms with Crippen molar-refractivity contribution in [3.05, 3.63) is 36.5 Å². The average molecular weight is 325 g/mol. The maximum atomic E-state index is 12.4. The SMILES string of the molecule is Cn1cncc1-c1ccc(C2(NC(=O)C3(C(N)=O)CC3)CC2)nc1. The fourth-order valence-corrected chi connectivity index (χ4v) is 3.08. The van der Waals surface area contributed by atoms with Crippen molar-refractivity contribution in [3.63, 3.8) is 0 Å². The Morgan fingerprint density at radius 2 is 1.96 bits per heavy atom. The molecule has 0 spiro atoms. The van der Waals surface area contributed by atoms with Gasteiger partial charge in [0.05, 0.1) is 29.5 Å². The van der Waals surface area contributed by atoms with Gasteiger partial charge in [-0.05, 0) is 37.8 Å². The molecule has 0 aliphatic heterocycles. The van der Waals surface area contributed by atoms with Gasteiger partial charge in [0.25, 0.3) is 0 Å². The van der Waals surface area contributed by atoms with Crippen LogP contribution in [0.15, 0.2) is 30.9 Å². The number of carbonyl (C=O) groups is 2. The van der Waals surface area contributed by atoms with E-state index in [0.29, 0.717) is 12.8 Å². The minimum absolute atomic E-state index is 0.259. The Morgan fingerprint density at radius 3 is 2.42 bits per heavy atom. The molecule has 0 aromatic carbocycles. The molecule has 0 radical (unpaired) electrons. The zero-order valence-electron chi connectivity index (χ0n) is 13.5. The van der Waals surface area contributed by atoms with E-state index in [9.17, 15) is 9.59 Å². The summed E-state index contributed by atoms with van der Waals surface area (Å²) in [5.41, 5.74) is 6.70. The number of amides is 2. The number of aryl methyl sites for hydroxylation is 1. The standard InChI is InChI=1S/C17H19N5O2/c1-22-10-19-9-12(22)11-2-3-13(20-8-11)17(6-7-17)21-15(24)16(4-5-16)14(18)23/h2-3,8-10H,4-7H2,1H3,(H2,18,23)(H,21,24). The molecule has 2 aliphatic rings. The monoisotopic (exact) mass is 325 g/mol. The third kappa shape index (κ3) is 2.19. The summed E-state index contributed by atoms with van der Waals surface area (Å²) >= 11 is 0. The van der Waals surface area contributed by atoms with E-state index in [2.05, 4.69) is 15.3 Å². The summed E-state index contributed by atoms with van der Waals surface area (Å²) in [6.07, 6.45) is 8.05. The van der Waals surface area contributed by atoms with E-state index >= 15 is 0 Å². The van der Waals surface area contributed by atoms with E-state index in [4.69, 9.17) is 5.73 Å². The average Bonchev–Trinajstić information content (AvgIpc) is 3.47. The van der Waals surface area contributed by atoms with Crippen LogP contribution in [0.5, 0.6) is 0 Å². The van der Waals surface area contributed by atoms with Gasteiger partial charge in [-0.1, -0.05) is 0 Å². The summed E-state index contributed by atoms with van der Waals surface area (Å²) in [5, 5.41) is 3.01. The number of nitrogens with one attached hydrogen (secondary N) is 1. The number of imidazole rings is 1. The van der Waals surface area contributed by atoms with Gasteiger partial charge >= 0.3 is 0 Å². The minimum atomic E-state index is -0.996. The molecule has 2 saturated carbocycles. The molecule has 2 aliphatic carbocycles. The predicted molar refractivity (Wildman–Crippen MR) is 86.4 cm³/mol. The van der Waals surface area contributed by atoms with Crippen molar-refractivity contribution in [3.8, 4) is 11.3 Å². The molecule has 7 nitrogen and oxygen atoms in total. The van der Waals surface area contributed by atoms with Gasteiger partial charge in [0, 0.05) is 18.8 Å². The van der Waals surface area contributed by atoms with Crippen LogP contribution in [0.4, 0.5) is 0 Å². The number of primary amides is 1. The van der Waals surface area contributed by atoms with Crippen LogP contribution in [-0.4, -0.2) is 26.3 Å². The first-order valence-electron chi connectivity index (χ1n) is 8.03. The molecule has 2 fully saturated rings. The second kappa shape index (κ2) is 4.90. The van der Waals surface area contributed by atoms with Crippen LogP contribution < -0.4 is 11.1 Å². The Balaban J connectivity index is 1.54. The van der Waals surface area contributed by atoms with Crippen molar-refractivity contribution >= 4 is 11.8 Å². The molecule has 0 atom stereocenters. The normalized spacial score (nSPS) is 19.5. The Hall–Kier alpha value is -2.70. The predicted octanol–water partition coefficient (Wildman–Crippen LogP) is 0.853. The summed E-state index contributed by atoms with van der Waals surface area (Å²) < 4.78 is 1.93. The lowest BCUT2D eigenvalue weighted by atomic mass is 10.0. The highest BCUT2D eigenvalue weighted by atomic mass is 16.2. The molecule has 0 unspecified atom stereocenters. The van der Waals surface area contributed by atoms with Gasteiger partial charge in [-0.3, -0.25) is 14.6 Å².